The predicted octanol–water partition coefficient (Wildman–Crippen LogP) is 4.12. The average molecular weight is 355 g/mol. The smallest absolute Gasteiger partial charge is 0.318 e. The van der Waals surface area contributed by atoms with Crippen LogP contribution in [-0.2, 0) is 10.2 Å². The Bertz CT molecular complexity index is 578. The van der Waals surface area contributed by atoms with Crippen molar-refractivity contribution in [2.75, 3.05) is 5.33 Å². The summed E-state index contributed by atoms with van der Waals surface area (Å²) < 4.78 is 26.2. The summed E-state index contributed by atoms with van der Waals surface area (Å²) in [6, 6.07) is 10.7. The molecule has 0 amide bonds. The molecule has 0 fully saturated rings. The molecule has 110 valence electrons. The maximum Gasteiger partial charge on any atom is 0.318 e. The van der Waals surface area contributed by atoms with Gasteiger partial charge >= 0.3 is 5.97 Å². The van der Waals surface area contributed by atoms with Crippen molar-refractivity contribution in [3.8, 4) is 0 Å². The van der Waals surface area contributed by atoms with Crippen LogP contribution >= 0.6 is 15.9 Å². The van der Waals surface area contributed by atoms with E-state index in [0.717, 1.165) is 0 Å². The lowest BCUT2D eigenvalue weighted by atomic mass is 9.72. The van der Waals surface area contributed by atoms with Gasteiger partial charge in [-0.1, -0.05) is 40.2 Å². The molecule has 0 saturated heterocycles. The van der Waals surface area contributed by atoms with Crippen LogP contribution in [0.1, 0.15) is 17.5 Å². The van der Waals surface area contributed by atoms with E-state index in [1.165, 1.54) is 48.5 Å². The van der Waals surface area contributed by atoms with E-state index in [0.29, 0.717) is 16.5 Å². The Balaban J connectivity index is 2.65. The first-order chi connectivity index (χ1) is 10.0. The lowest BCUT2D eigenvalue weighted by Crippen LogP contribution is -2.37. The molecule has 1 N–H and O–H groups in total. The first kappa shape index (κ1) is 15.6. The molecule has 0 heterocycles. The summed E-state index contributed by atoms with van der Waals surface area (Å²) >= 11 is 3.27. The van der Waals surface area contributed by atoms with Crippen LogP contribution in [-0.4, -0.2) is 16.4 Å². The van der Waals surface area contributed by atoms with Gasteiger partial charge in [0.05, 0.1) is 0 Å². The molecule has 2 rings (SSSR count). The van der Waals surface area contributed by atoms with E-state index in [2.05, 4.69) is 15.9 Å². The molecule has 0 aromatic heterocycles. The molecule has 2 aromatic rings. The number of hydrogen-bond acceptors (Lipinski definition) is 1. The highest BCUT2D eigenvalue weighted by Gasteiger charge is 2.41. The predicted molar refractivity (Wildman–Crippen MR) is 79.6 cm³/mol. The molecule has 5 heteroatoms. The number of halogens is 3. The number of carbonyl (C=O) groups is 1. The minimum absolute atomic E-state index is 0.263. The molecular weight excluding hydrogens is 342 g/mol. The third-order valence-electron chi connectivity index (χ3n) is 3.51. The van der Waals surface area contributed by atoms with Crippen molar-refractivity contribution in [1.82, 2.24) is 0 Å². The largest absolute Gasteiger partial charge is 0.480 e. The lowest BCUT2D eigenvalue weighted by molar-refractivity contribution is -0.142. The fourth-order valence-corrected chi connectivity index (χ4v) is 3.01. The highest BCUT2D eigenvalue weighted by Crippen LogP contribution is 2.37. The summed E-state index contributed by atoms with van der Waals surface area (Å²) in [7, 11) is 0. The van der Waals surface area contributed by atoms with Gasteiger partial charge in [-0.3, -0.25) is 4.79 Å². The second-order valence-electron chi connectivity index (χ2n) is 4.66. The number of rotatable bonds is 5. The molecule has 0 atom stereocenters. The Morgan fingerprint density at radius 1 is 0.952 bits per heavy atom. The normalized spacial score (nSPS) is 11.4. The van der Waals surface area contributed by atoms with E-state index in [1.54, 1.807) is 0 Å². The van der Waals surface area contributed by atoms with Gasteiger partial charge < -0.3 is 5.11 Å². The zero-order chi connectivity index (χ0) is 15.5. The topological polar surface area (TPSA) is 37.3 Å². The van der Waals surface area contributed by atoms with Gasteiger partial charge in [-0.15, -0.1) is 0 Å². The van der Waals surface area contributed by atoms with E-state index in [1.807, 2.05) is 0 Å². The summed E-state index contributed by atoms with van der Waals surface area (Å²) in [6.45, 7) is 0. The quantitative estimate of drug-likeness (QED) is 0.820. The summed E-state index contributed by atoms with van der Waals surface area (Å²) in [4.78, 5) is 12.0. The van der Waals surface area contributed by atoms with Gasteiger partial charge in [0, 0.05) is 5.33 Å². The van der Waals surface area contributed by atoms with Crippen molar-refractivity contribution in [1.29, 1.82) is 0 Å². The standard InChI is InChI=1S/C16H13BrF2O2/c17-10-9-16(15(20)21,11-1-5-13(18)6-2-11)12-3-7-14(19)8-4-12/h1-8H,9-10H2,(H,20,21). The number of aliphatic carboxylic acids is 1. The van der Waals surface area contributed by atoms with Crippen LogP contribution in [0.25, 0.3) is 0 Å². The summed E-state index contributed by atoms with van der Waals surface area (Å²) in [5.41, 5.74) is -0.421. The fourth-order valence-electron chi connectivity index (χ4n) is 2.42. The minimum Gasteiger partial charge on any atom is -0.480 e. The Labute approximate surface area is 129 Å². The van der Waals surface area contributed by atoms with Crippen LogP contribution in [0.3, 0.4) is 0 Å². The summed E-state index contributed by atoms with van der Waals surface area (Å²) in [6.07, 6.45) is 0.263. The summed E-state index contributed by atoms with van der Waals surface area (Å²) in [5, 5.41) is 10.2. The summed E-state index contributed by atoms with van der Waals surface area (Å²) in [5.74, 6) is -1.92. The minimum atomic E-state index is -1.34. The third kappa shape index (κ3) is 2.97. The van der Waals surface area contributed by atoms with E-state index >= 15 is 0 Å². The van der Waals surface area contributed by atoms with Crippen LogP contribution < -0.4 is 0 Å². The van der Waals surface area contributed by atoms with Gasteiger partial charge in [0.1, 0.15) is 17.0 Å². The number of carboxylic acids is 1. The van der Waals surface area contributed by atoms with Crippen molar-refractivity contribution in [3.63, 3.8) is 0 Å². The van der Waals surface area contributed by atoms with E-state index in [9.17, 15) is 18.7 Å². The second-order valence-corrected chi connectivity index (χ2v) is 5.46. The van der Waals surface area contributed by atoms with E-state index < -0.39 is 23.0 Å². The lowest BCUT2D eigenvalue weighted by Gasteiger charge is -2.30. The molecule has 0 saturated carbocycles. The molecule has 0 radical (unpaired) electrons. The number of hydrogen-bond donors (Lipinski definition) is 1. The monoisotopic (exact) mass is 354 g/mol. The molecule has 0 aliphatic rings. The van der Waals surface area contributed by atoms with Crippen molar-refractivity contribution in [2.24, 2.45) is 0 Å². The van der Waals surface area contributed by atoms with E-state index in [-0.39, 0.29) is 6.42 Å². The van der Waals surface area contributed by atoms with Gasteiger partial charge in [0.25, 0.3) is 0 Å². The molecule has 0 aliphatic heterocycles. The molecule has 2 aromatic carbocycles. The van der Waals surface area contributed by atoms with Gasteiger partial charge in [0.15, 0.2) is 0 Å². The molecule has 0 bridgehead atoms. The highest BCUT2D eigenvalue weighted by molar-refractivity contribution is 9.09. The molecule has 2 nitrogen and oxygen atoms in total. The van der Waals surface area contributed by atoms with Crippen LogP contribution in [0.5, 0.6) is 0 Å². The van der Waals surface area contributed by atoms with Crippen molar-refractivity contribution >= 4 is 21.9 Å². The number of alkyl halides is 1. The molecule has 0 spiro atoms. The van der Waals surface area contributed by atoms with Gasteiger partial charge in [0.2, 0.25) is 0 Å². The maximum absolute atomic E-state index is 13.1. The highest BCUT2D eigenvalue weighted by atomic mass is 79.9. The van der Waals surface area contributed by atoms with Crippen LogP contribution in [0.2, 0.25) is 0 Å². The zero-order valence-corrected chi connectivity index (χ0v) is 12.6. The maximum atomic E-state index is 13.1. The van der Waals surface area contributed by atoms with Crippen molar-refractivity contribution in [2.45, 2.75) is 11.8 Å². The molecule has 0 unspecified atom stereocenters. The van der Waals surface area contributed by atoms with Crippen LogP contribution in [0.15, 0.2) is 48.5 Å². The van der Waals surface area contributed by atoms with Gasteiger partial charge in [-0.05, 0) is 41.8 Å². The van der Waals surface area contributed by atoms with Gasteiger partial charge in [-0.25, -0.2) is 8.78 Å². The zero-order valence-electron chi connectivity index (χ0n) is 11.0. The Hall–Kier alpha value is -1.75. The second kappa shape index (κ2) is 6.35. The molecule has 21 heavy (non-hydrogen) atoms. The van der Waals surface area contributed by atoms with Crippen LogP contribution in [0.4, 0.5) is 8.78 Å². The SMILES string of the molecule is O=C(O)C(CCBr)(c1ccc(F)cc1)c1ccc(F)cc1. The molecular formula is C16H13BrF2O2. The Morgan fingerprint density at radius 2 is 1.33 bits per heavy atom. The number of benzene rings is 2. The molecule has 0 aliphatic carbocycles. The van der Waals surface area contributed by atoms with E-state index in [4.69, 9.17) is 0 Å². The van der Waals surface area contributed by atoms with Crippen molar-refractivity contribution < 1.29 is 18.7 Å². The van der Waals surface area contributed by atoms with Gasteiger partial charge in [-0.2, -0.15) is 0 Å². The van der Waals surface area contributed by atoms with Crippen LogP contribution in [0, 0.1) is 11.6 Å². The Kier molecular flexibility index (Phi) is 4.73. The average Bonchev–Trinajstić information content (AvgIpc) is 2.46. The number of carboxylic acid groups (broad SMARTS) is 1. The Morgan fingerprint density at radius 3 is 1.62 bits per heavy atom. The fraction of sp³-hybridized carbons (Fsp3) is 0.188. The first-order valence-electron chi connectivity index (χ1n) is 6.32. The van der Waals surface area contributed by atoms with Crippen molar-refractivity contribution in [3.05, 3.63) is 71.3 Å². The first-order valence-corrected chi connectivity index (χ1v) is 7.44. The third-order valence-corrected chi connectivity index (χ3v) is 3.91.